The van der Waals surface area contributed by atoms with Gasteiger partial charge in [-0.3, -0.25) is 0 Å². The molecule has 0 saturated carbocycles. The summed E-state index contributed by atoms with van der Waals surface area (Å²) >= 11 is 13.8. The average Bonchev–Trinajstić information content (AvgIpc) is 2.90. The second kappa shape index (κ2) is 6.00. The summed E-state index contributed by atoms with van der Waals surface area (Å²) in [5.74, 6) is 0.490. The number of nitrogens with zero attached hydrogens (tertiary/aromatic N) is 1. The first-order chi connectivity index (χ1) is 8.70. The highest BCUT2D eigenvalue weighted by Crippen LogP contribution is 2.31. The zero-order valence-corrected chi connectivity index (χ0v) is 11.9. The van der Waals surface area contributed by atoms with Gasteiger partial charge in [0.25, 0.3) is 0 Å². The molecule has 2 aromatic rings. The van der Waals surface area contributed by atoms with Crippen molar-refractivity contribution >= 4 is 34.5 Å². The van der Waals surface area contributed by atoms with Crippen LogP contribution in [-0.4, -0.2) is 16.7 Å². The molecule has 1 nitrogen and oxygen atoms in total. The van der Waals surface area contributed by atoms with Crippen LogP contribution in [0.3, 0.4) is 0 Å². The number of hydrogen-bond donors (Lipinski definition) is 0. The molecular formula is C13H12Cl2FNS. The van der Waals surface area contributed by atoms with Crippen LogP contribution in [0.1, 0.15) is 11.3 Å². The predicted molar refractivity (Wildman–Crippen MR) is 75.3 cm³/mol. The average molecular weight is 304 g/mol. The molecule has 96 valence electrons. The molecule has 18 heavy (non-hydrogen) atoms. The summed E-state index contributed by atoms with van der Waals surface area (Å²) in [5, 5.41) is 1.98. The monoisotopic (exact) mass is 303 g/mol. The van der Waals surface area contributed by atoms with Crippen LogP contribution in [0.25, 0.3) is 0 Å². The molecule has 0 spiro atoms. The van der Waals surface area contributed by atoms with E-state index >= 15 is 0 Å². The van der Waals surface area contributed by atoms with E-state index in [2.05, 4.69) is 4.98 Å². The topological polar surface area (TPSA) is 12.9 Å². The van der Waals surface area contributed by atoms with Crippen molar-refractivity contribution in [1.82, 2.24) is 4.98 Å². The molecule has 0 bridgehead atoms. The van der Waals surface area contributed by atoms with E-state index in [0.29, 0.717) is 18.2 Å². The van der Waals surface area contributed by atoms with Crippen molar-refractivity contribution in [2.24, 2.45) is 0 Å². The lowest BCUT2D eigenvalue weighted by Gasteiger charge is -2.29. The number of hydrogen-bond acceptors (Lipinski definition) is 2. The highest BCUT2D eigenvalue weighted by atomic mass is 35.5. The third-order valence-electron chi connectivity index (χ3n) is 2.97. The Morgan fingerprint density at radius 2 is 1.83 bits per heavy atom. The maximum absolute atomic E-state index is 13.0. The standard InChI is InChI=1S/C13H12Cl2FNS/c14-7-13(8-15,5-12-6-18-9-17-12)10-1-3-11(16)4-2-10/h1-4,6,9H,5,7-8H2. The van der Waals surface area contributed by atoms with E-state index in [1.165, 1.54) is 12.1 Å². The van der Waals surface area contributed by atoms with Crippen molar-refractivity contribution in [1.29, 1.82) is 0 Å². The summed E-state index contributed by atoms with van der Waals surface area (Å²) in [6.07, 6.45) is 0.662. The van der Waals surface area contributed by atoms with Gasteiger partial charge in [-0.05, 0) is 17.7 Å². The van der Waals surface area contributed by atoms with E-state index in [9.17, 15) is 4.39 Å². The van der Waals surface area contributed by atoms with Crippen LogP contribution in [0.15, 0.2) is 35.2 Å². The second-order valence-corrected chi connectivity index (χ2v) is 5.46. The summed E-state index contributed by atoms with van der Waals surface area (Å²) in [7, 11) is 0. The molecule has 2 rings (SSSR count). The molecule has 0 aliphatic rings. The molecule has 0 aliphatic heterocycles. The largest absolute Gasteiger partial charge is 0.250 e. The number of halogens is 3. The molecule has 0 saturated heterocycles. The summed E-state index contributed by atoms with van der Waals surface area (Å²) < 4.78 is 13.0. The molecular weight excluding hydrogens is 292 g/mol. The number of rotatable bonds is 5. The fraction of sp³-hybridized carbons (Fsp3) is 0.308. The molecule has 1 heterocycles. The smallest absolute Gasteiger partial charge is 0.123 e. The van der Waals surface area contributed by atoms with E-state index in [1.54, 1.807) is 29.0 Å². The van der Waals surface area contributed by atoms with Crippen molar-refractivity contribution in [2.45, 2.75) is 11.8 Å². The Morgan fingerprint density at radius 1 is 1.17 bits per heavy atom. The Balaban J connectivity index is 2.33. The third-order valence-corrected chi connectivity index (χ3v) is 4.63. The van der Waals surface area contributed by atoms with Gasteiger partial charge in [-0.2, -0.15) is 0 Å². The molecule has 0 aliphatic carbocycles. The summed E-state index contributed by atoms with van der Waals surface area (Å²) in [6.45, 7) is 0. The fourth-order valence-electron chi connectivity index (χ4n) is 1.86. The van der Waals surface area contributed by atoms with E-state index in [-0.39, 0.29) is 5.82 Å². The first-order valence-electron chi connectivity index (χ1n) is 5.45. The van der Waals surface area contributed by atoms with Crippen molar-refractivity contribution in [3.05, 3.63) is 52.2 Å². The highest BCUT2D eigenvalue weighted by molar-refractivity contribution is 7.07. The Kier molecular flexibility index (Phi) is 4.60. The minimum Gasteiger partial charge on any atom is -0.250 e. The van der Waals surface area contributed by atoms with Crippen LogP contribution in [-0.2, 0) is 11.8 Å². The van der Waals surface area contributed by atoms with Crippen molar-refractivity contribution in [3.8, 4) is 0 Å². The molecule has 1 aromatic heterocycles. The Morgan fingerprint density at radius 3 is 2.33 bits per heavy atom. The molecule has 0 N–H and O–H groups in total. The van der Waals surface area contributed by atoms with Crippen LogP contribution in [0, 0.1) is 5.82 Å². The van der Waals surface area contributed by atoms with E-state index in [0.717, 1.165) is 11.3 Å². The minimum absolute atomic E-state index is 0.259. The first kappa shape index (κ1) is 13.8. The number of benzene rings is 1. The Hall–Kier alpha value is -0.640. The van der Waals surface area contributed by atoms with Gasteiger partial charge < -0.3 is 0 Å². The SMILES string of the molecule is Fc1ccc(C(CCl)(CCl)Cc2cscn2)cc1. The van der Waals surface area contributed by atoms with Crippen LogP contribution < -0.4 is 0 Å². The summed E-state index contributed by atoms with van der Waals surface area (Å²) in [5.41, 5.74) is 3.30. The zero-order chi connectivity index (χ0) is 13.0. The van der Waals surface area contributed by atoms with E-state index in [4.69, 9.17) is 23.2 Å². The Labute approximate surface area is 120 Å². The van der Waals surface area contributed by atoms with Crippen molar-refractivity contribution < 1.29 is 4.39 Å². The quantitative estimate of drug-likeness (QED) is 0.753. The first-order valence-corrected chi connectivity index (χ1v) is 7.46. The van der Waals surface area contributed by atoms with E-state index in [1.807, 2.05) is 5.38 Å². The van der Waals surface area contributed by atoms with Crippen LogP contribution in [0.2, 0.25) is 0 Å². The van der Waals surface area contributed by atoms with Gasteiger partial charge in [0.2, 0.25) is 0 Å². The summed E-state index contributed by atoms with van der Waals surface area (Å²) in [6, 6.07) is 6.35. The van der Waals surface area contributed by atoms with Gasteiger partial charge in [-0.15, -0.1) is 34.5 Å². The predicted octanol–water partition coefficient (Wildman–Crippen LogP) is 4.24. The van der Waals surface area contributed by atoms with Gasteiger partial charge in [0, 0.05) is 29.0 Å². The highest BCUT2D eigenvalue weighted by Gasteiger charge is 2.31. The molecule has 0 amide bonds. The van der Waals surface area contributed by atoms with Gasteiger partial charge in [0.1, 0.15) is 5.82 Å². The maximum atomic E-state index is 13.0. The Bertz CT molecular complexity index is 480. The summed E-state index contributed by atoms with van der Waals surface area (Å²) in [4.78, 5) is 4.27. The second-order valence-electron chi connectivity index (χ2n) is 4.21. The maximum Gasteiger partial charge on any atom is 0.123 e. The zero-order valence-electron chi connectivity index (χ0n) is 9.57. The third kappa shape index (κ3) is 2.85. The van der Waals surface area contributed by atoms with Crippen LogP contribution in [0.5, 0.6) is 0 Å². The van der Waals surface area contributed by atoms with Gasteiger partial charge in [-0.1, -0.05) is 12.1 Å². The molecule has 0 fully saturated rings. The molecule has 0 radical (unpaired) electrons. The molecule has 0 unspecified atom stereocenters. The van der Waals surface area contributed by atoms with Crippen LogP contribution in [0.4, 0.5) is 4.39 Å². The van der Waals surface area contributed by atoms with Gasteiger partial charge in [0.15, 0.2) is 0 Å². The van der Waals surface area contributed by atoms with Gasteiger partial charge >= 0.3 is 0 Å². The molecule has 5 heteroatoms. The molecule has 0 atom stereocenters. The van der Waals surface area contributed by atoms with Crippen molar-refractivity contribution in [2.75, 3.05) is 11.8 Å². The fourth-order valence-corrected chi connectivity index (χ4v) is 3.20. The van der Waals surface area contributed by atoms with Gasteiger partial charge in [-0.25, -0.2) is 9.37 Å². The number of thiazole rings is 1. The van der Waals surface area contributed by atoms with Gasteiger partial charge in [0.05, 0.1) is 11.2 Å². The molecule has 1 aromatic carbocycles. The lowest BCUT2D eigenvalue weighted by atomic mass is 9.80. The number of alkyl halides is 2. The lowest BCUT2D eigenvalue weighted by Crippen LogP contribution is -2.33. The van der Waals surface area contributed by atoms with E-state index < -0.39 is 5.41 Å². The number of aromatic nitrogens is 1. The lowest BCUT2D eigenvalue weighted by molar-refractivity contribution is 0.528. The van der Waals surface area contributed by atoms with Crippen molar-refractivity contribution in [3.63, 3.8) is 0 Å². The minimum atomic E-state index is -0.398. The normalized spacial score (nSPS) is 11.7. The van der Waals surface area contributed by atoms with Crippen LogP contribution >= 0.6 is 34.5 Å².